The van der Waals surface area contributed by atoms with Gasteiger partial charge in [-0.15, -0.1) is 0 Å². The molecule has 1 aromatic rings. The van der Waals surface area contributed by atoms with Gasteiger partial charge in [0.25, 0.3) is 0 Å². The van der Waals surface area contributed by atoms with Crippen LogP contribution in [0.25, 0.3) is 0 Å². The zero-order valence-electron chi connectivity index (χ0n) is 12.6. The number of hydrogen-bond donors (Lipinski definition) is 1. The number of nitrogens with zero attached hydrogens (tertiary/aromatic N) is 2. The minimum Gasteiger partial charge on any atom is -0.307 e. The maximum atomic E-state index is 4.59. The van der Waals surface area contributed by atoms with Gasteiger partial charge in [0.2, 0.25) is 0 Å². The van der Waals surface area contributed by atoms with Gasteiger partial charge in [0, 0.05) is 35.6 Å². The summed E-state index contributed by atoms with van der Waals surface area (Å²) in [5.74, 6) is 2.35. The maximum Gasteiger partial charge on any atom is 0.0644 e. The van der Waals surface area contributed by atoms with Gasteiger partial charge in [0.15, 0.2) is 0 Å². The van der Waals surface area contributed by atoms with E-state index in [-0.39, 0.29) is 0 Å². The Morgan fingerprint density at radius 3 is 2.44 bits per heavy atom. The first-order chi connectivity index (χ1) is 8.51. The van der Waals surface area contributed by atoms with E-state index in [2.05, 4.69) is 56.6 Å². The summed E-state index contributed by atoms with van der Waals surface area (Å²) in [5.41, 5.74) is 3.82. The number of rotatable bonds is 7. The zero-order valence-corrected chi connectivity index (χ0v) is 13.4. The van der Waals surface area contributed by atoms with Crippen molar-refractivity contribution in [3.63, 3.8) is 0 Å². The van der Waals surface area contributed by atoms with E-state index in [1.807, 2.05) is 11.8 Å². The fourth-order valence-corrected chi connectivity index (χ4v) is 3.18. The third-order valence-electron chi connectivity index (χ3n) is 3.28. The van der Waals surface area contributed by atoms with Crippen molar-refractivity contribution in [1.82, 2.24) is 15.1 Å². The molecule has 0 aromatic carbocycles. The third-order valence-corrected chi connectivity index (χ3v) is 4.42. The second-order valence-corrected chi connectivity index (χ2v) is 6.17. The first-order valence-corrected chi connectivity index (χ1v) is 8.04. The molecular weight excluding hydrogens is 242 g/mol. The van der Waals surface area contributed by atoms with Crippen molar-refractivity contribution in [3.05, 3.63) is 17.0 Å². The summed E-state index contributed by atoms with van der Waals surface area (Å²) in [7, 11) is 0. The van der Waals surface area contributed by atoms with Crippen LogP contribution in [0.2, 0.25) is 0 Å². The first-order valence-electron chi connectivity index (χ1n) is 6.88. The van der Waals surface area contributed by atoms with Crippen molar-refractivity contribution in [3.8, 4) is 0 Å². The Morgan fingerprint density at radius 2 is 1.94 bits per heavy atom. The van der Waals surface area contributed by atoms with Crippen LogP contribution in [0.5, 0.6) is 0 Å². The van der Waals surface area contributed by atoms with Crippen LogP contribution in [-0.4, -0.2) is 27.3 Å². The molecule has 0 saturated carbocycles. The Kier molecular flexibility index (Phi) is 6.22. The Labute approximate surface area is 116 Å². The molecule has 4 heteroatoms. The van der Waals surface area contributed by atoms with Crippen LogP contribution < -0.4 is 5.32 Å². The van der Waals surface area contributed by atoms with Gasteiger partial charge in [0.1, 0.15) is 0 Å². The van der Waals surface area contributed by atoms with Crippen molar-refractivity contribution in [2.75, 3.05) is 11.5 Å². The van der Waals surface area contributed by atoms with E-state index >= 15 is 0 Å². The minimum absolute atomic E-state index is 0.373. The molecule has 3 nitrogen and oxygen atoms in total. The number of hydrogen-bond acceptors (Lipinski definition) is 3. The highest BCUT2D eigenvalue weighted by Gasteiger charge is 2.18. The van der Waals surface area contributed by atoms with Gasteiger partial charge in [-0.1, -0.05) is 6.92 Å². The zero-order chi connectivity index (χ0) is 13.7. The van der Waals surface area contributed by atoms with Gasteiger partial charge in [-0.3, -0.25) is 4.68 Å². The van der Waals surface area contributed by atoms with Crippen LogP contribution in [0.15, 0.2) is 0 Å². The molecule has 0 aliphatic rings. The third kappa shape index (κ3) is 3.75. The summed E-state index contributed by atoms with van der Waals surface area (Å²) in [4.78, 5) is 0. The lowest BCUT2D eigenvalue weighted by Gasteiger charge is -2.20. The fraction of sp³-hybridized carbons (Fsp3) is 0.786. The SMILES string of the molecule is CCSCC(C)NC(C)c1c(C)nn(CC)c1C. The lowest BCUT2D eigenvalue weighted by atomic mass is 10.1. The summed E-state index contributed by atoms with van der Waals surface area (Å²) in [6.45, 7) is 14.1. The van der Waals surface area contributed by atoms with Gasteiger partial charge in [-0.2, -0.15) is 16.9 Å². The predicted molar refractivity (Wildman–Crippen MR) is 81.4 cm³/mol. The summed E-state index contributed by atoms with van der Waals surface area (Å²) in [6, 6.07) is 0.909. The van der Waals surface area contributed by atoms with Crippen LogP contribution in [0.1, 0.15) is 50.7 Å². The van der Waals surface area contributed by atoms with Gasteiger partial charge in [0.05, 0.1) is 5.69 Å². The molecule has 1 rings (SSSR count). The molecule has 0 radical (unpaired) electrons. The number of aryl methyl sites for hydroxylation is 2. The first kappa shape index (κ1) is 15.6. The van der Waals surface area contributed by atoms with Crippen LogP contribution in [0.4, 0.5) is 0 Å². The summed E-state index contributed by atoms with van der Waals surface area (Å²) in [6.07, 6.45) is 0. The summed E-state index contributed by atoms with van der Waals surface area (Å²) >= 11 is 1.99. The topological polar surface area (TPSA) is 29.9 Å². The van der Waals surface area contributed by atoms with Gasteiger partial charge in [-0.25, -0.2) is 0 Å². The van der Waals surface area contributed by atoms with E-state index in [1.54, 1.807) is 0 Å². The Morgan fingerprint density at radius 1 is 1.28 bits per heavy atom. The minimum atomic E-state index is 0.373. The fourth-order valence-electron chi connectivity index (χ4n) is 2.50. The lowest BCUT2D eigenvalue weighted by molar-refractivity contribution is 0.507. The molecule has 1 heterocycles. The van der Waals surface area contributed by atoms with Crippen molar-refractivity contribution in [1.29, 1.82) is 0 Å². The second-order valence-electron chi connectivity index (χ2n) is 4.85. The second kappa shape index (κ2) is 7.19. The van der Waals surface area contributed by atoms with Crippen LogP contribution in [-0.2, 0) is 6.54 Å². The Balaban J connectivity index is 2.71. The predicted octanol–water partition coefficient (Wildman–Crippen LogP) is 3.31. The Bertz CT molecular complexity index is 373. The highest BCUT2D eigenvalue weighted by Crippen LogP contribution is 2.22. The molecular formula is C14H27N3S. The lowest BCUT2D eigenvalue weighted by Crippen LogP contribution is -2.31. The molecule has 18 heavy (non-hydrogen) atoms. The maximum absolute atomic E-state index is 4.59. The molecule has 2 unspecified atom stereocenters. The van der Waals surface area contributed by atoms with E-state index in [4.69, 9.17) is 0 Å². The van der Waals surface area contributed by atoms with Crippen LogP contribution >= 0.6 is 11.8 Å². The van der Waals surface area contributed by atoms with Crippen molar-refractivity contribution >= 4 is 11.8 Å². The molecule has 1 N–H and O–H groups in total. The van der Waals surface area contributed by atoms with Gasteiger partial charge >= 0.3 is 0 Å². The monoisotopic (exact) mass is 269 g/mol. The van der Waals surface area contributed by atoms with Crippen LogP contribution in [0.3, 0.4) is 0 Å². The molecule has 0 fully saturated rings. The van der Waals surface area contributed by atoms with Crippen molar-refractivity contribution < 1.29 is 0 Å². The molecule has 1 aromatic heterocycles. The summed E-state index contributed by atoms with van der Waals surface area (Å²) in [5, 5.41) is 8.27. The van der Waals surface area contributed by atoms with E-state index < -0.39 is 0 Å². The molecule has 0 aliphatic carbocycles. The van der Waals surface area contributed by atoms with E-state index in [1.165, 1.54) is 22.8 Å². The molecule has 0 spiro atoms. The summed E-state index contributed by atoms with van der Waals surface area (Å²) < 4.78 is 2.09. The van der Waals surface area contributed by atoms with Crippen molar-refractivity contribution in [2.24, 2.45) is 0 Å². The highest BCUT2D eigenvalue weighted by molar-refractivity contribution is 7.99. The van der Waals surface area contributed by atoms with E-state index in [0.29, 0.717) is 12.1 Å². The van der Waals surface area contributed by atoms with E-state index in [9.17, 15) is 0 Å². The molecule has 2 atom stereocenters. The smallest absolute Gasteiger partial charge is 0.0644 e. The number of aromatic nitrogens is 2. The van der Waals surface area contributed by atoms with Crippen molar-refractivity contribution in [2.45, 2.75) is 60.2 Å². The average molecular weight is 269 g/mol. The average Bonchev–Trinajstić information content (AvgIpc) is 2.61. The largest absolute Gasteiger partial charge is 0.307 e. The number of thioether (sulfide) groups is 1. The normalized spacial score (nSPS) is 14.8. The Hall–Kier alpha value is -0.480. The standard InChI is InChI=1S/C14H27N3S/c1-7-17-13(6)14(12(5)16-17)11(4)15-10(3)9-18-8-2/h10-11,15H,7-9H2,1-6H3. The van der Waals surface area contributed by atoms with Gasteiger partial charge in [-0.05, 0) is 40.4 Å². The molecule has 0 aliphatic heterocycles. The molecule has 0 bridgehead atoms. The van der Waals surface area contributed by atoms with Crippen LogP contribution in [0, 0.1) is 13.8 Å². The van der Waals surface area contributed by atoms with E-state index in [0.717, 1.165) is 12.2 Å². The quantitative estimate of drug-likeness (QED) is 0.823. The molecule has 0 saturated heterocycles. The van der Waals surface area contributed by atoms with Gasteiger partial charge < -0.3 is 5.32 Å². The molecule has 0 amide bonds. The highest BCUT2D eigenvalue weighted by atomic mass is 32.2. The molecule has 104 valence electrons. The number of nitrogens with one attached hydrogen (secondary N) is 1.